The number of pyridine rings is 1. The number of carbonyl (C=O) groups excluding carboxylic acids is 1. The number of benzene rings is 2. The van der Waals surface area contributed by atoms with E-state index < -0.39 is 0 Å². The Morgan fingerprint density at radius 2 is 1.71 bits per heavy atom. The minimum atomic E-state index is -0.306. The lowest BCUT2D eigenvalue weighted by Gasteiger charge is -2.02. The Balaban J connectivity index is 1.83. The van der Waals surface area contributed by atoms with Gasteiger partial charge in [0, 0.05) is 17.0 Å². The number of hydrogen-bond acceptors (Lipinski definition) is 2. The molecule has 0 bridgehead atoms. The smallest absolute Gasteiger partial charge is 0.337 e. The number of methoxy groups -OCH3 is 1. The zero-order valence-electron chi connectivity index (χ0n) is 11.8. The normalized spacial score (nSPS) is 10.5. The van der Waals surface area contributed by atoms with Crippen LogP contribution in [0.3, 0.4) is 0 Å². The van der Waals surface area contributed by atoms with Crippen LogP contribution in [0.5, 0.6) is 0 Å². The summed E-state index contributed by atoms with van der Waals surface area (Å²) in [5.41, 5.74) is 1.72. The molecule has 0 spiro atoms. The van der Waals surface area contributed by atoms with Crippen molar-refractivity contribution in [2.45, 2.75) is 6.54 Å². The van der Waals surface area contributed by atoms with E-state index in [0.29, 0.717) is 5.56 Å². The zero-order valence-corrected chi connectivity index (χ0v) is 11.8. The molecule has 0 atom stereocenters. The highest BCUT2D eigenvalue weighted by Gasteiger charge is 2.07. The summed E-state index contributed by atoms with van der Waals surface area (Å²) in [7, 11) is 1.39. The maximum absolute atomic E-state index is 11.4. The lowest BCUT2D eigenvalue weighted by atomic mass is 10.1. The quantitative estimate of drug-likeness (QED) is 0.544. The topological polar surface area (TPSA) is 30.2 Å². The Bertz CT molecular complexity index is 779. The van der Waals surface area contributed by atoms with E-state index >= 15 is 0 Å². The van der Waals surface area contributed by atoms with Crippen LogP contribution in [-0.4, -0.2) is 13.1 Å². The average Bonchev–Trinajstić information content (AvgIpc) is 2.55. The van der Waals surface area contributed by atoms with E-state index in [4.69, 9.17) is 4.74 Å². The molecule has 0 radical (unpaired) electrons. The molecule has 0 unspecified atom stereocenters. The average molecular weight is 278 g/mol. The third-order valence-corrected chi connectivity index (χ3v) is 3.49. The summed E-state index contributed by atoms with van der Waals surface area (Å²) in [4.78, 5) is 11.4. The van der Waals surface area contributed by atoms with Crippen LogP contribution >= 0.6 is 0 Å². The summed E-state index contributed by atoms with van der Waals surface area (Å²) in [5, 5.41) is 2.45. The molecular weight excluding hydrogens is 262 g/mol. The van der Waals surface area contributed by atoms with E-state index in [-0.39, 0.29) is 5.97 Å². The summed E-state index contributed by atoms with van der Waals surface area (Å²) in [6.45, 7) is 0.770. The molecule has 0 fully saturated rings. The van der Waals surface area contributed by atoms with Gasteiger partial charge in [-0.15, -0.1) is 0 Å². The van der Waals surface area contributed by atoms with Crippen molar-refractivity contribution in [3.05, 3.63) is 78.1 Å². The van der Waals surface area contributed by atoms with Gasteiger partial charge in [-0.1, -0.05) is 30.3 Å². The number of aromatic nitrogens is 1. The number of esters is 1. The molecule has 3 rings (SSSR count). The van der Waals surface area contributed by atoms with Crippen molar-refractivity contribution in [1.82, 2.24) is 0 Å². The van der Waals surface area contributed by atoms with Crippen LogP contribution in [0.25, 0.3) is 10.8 Å². The van der Waals surface area contributed by atoms with Gasteiger partial charge >= 0.3 is 5.97 Å². The molecule has 0 aliphatic heterocycles. The molecule has 3 heteroatoms. The van der Waals surface area contributed by atoms with Crippen LogP contribution < -0.4 is 4.57 Å². The molecule has 104 valence electrons. The zero-order chi connectivity index (χ0) is 14.7. The standard InChI is InChI=1S/C18H16NO2/c1-21-18(20)16-8-6-14(7-9-16)12-19-11-10-15-4-2-3-5-17(15)13-19/h2-11,13H,12H2,1H3/q+1. The Hall–Kier alpha value is -2.68. The van der Waals surface area contributed by atoms with Crippen molar-refractivity contribution >= 4 is 16.7 Å². The lowest BCUT2D eigenvalue weighted by Crippen LogP contribution is -2.33. The van der Waals surface area contributed by atoms with Gasteiger partial charge in [0.1, 0.15) is 0 Å². The molecule has 21 heavy (non-hydrogen) atoms. The first kappa shape index (κ1) is 13.3. The molecule has 3 nitrogen and oxygen atoms in total. The molecule has 0 saturated carbocycles. The number of hydrogen-bond donors (Lipinski definition) is 0. The van der Waals surface area contributed by atoms with Gasteiger partial charge in [-0.3, -0.25) is 0 Å². The van der Waals surface area contributed by atoms with E-state index in [9.17, 15) is 4.79 Å². The summed E-state index contributed by atoms with van der Waals surface area (Å²) in [6.07, 6.45) is 4.19. The first-order chi connectivity index (χ1) is 10.3. The second-order valence-corrected chi connectivity index (χ2v) is 4.93. The Labute approximate surface area is 123 Å². The largest absolute Gasteiger partial charge is 0.465 e. The summed E-state index contributed by atoms with van der Waals surface area (Å²) >= 11 is 0. The van der Waals surface area contributed by atoms with Crippen molar-refractivity contribution < 1.29 is 14.1 Å². The van der Waals surface area contributed by atoms with E-state index in [1.54, 1.807) is 12.1 Å². The number of rotatable bonds is 3. The van der Waals surface area contributed by atoms with Gasteiger partial charge in [0.25, 0.3) is 0 Å². The van der Waals surface area contributed by atoms with Crippen molar-refractivity contribution in [2.75, 3.05) is 7.11 Å². The molecule has 3 aromatic rings. The predicted molar refractivity (Wildman–Crippen MR) is 81.0 cm³/mol. The number of carbonyl (C=O) groups is 1. The fourth-order valence-corrected chi connectivity index (χ4v) is 2.35. The van der Waals surface area contributed by atoms with Crippen LogP contribution in [0, 0.1) is 0 Å². The second kappa shape index (κ2) is 5.75. The van der Waals surface area contributed by atoms with Gasteiger partial charge in [0.15, 0.2) is 18.9 Å². The molecule has 0 aliphatic rings. The van der Waals surface area contributed by atoms with Crippen LogP contribution in [0.1, 0.15) is 15.9 Å². The van der Waals surface area contributed by atoms with Crippen LogP contribution in [-0.2, 0) is 11.3 Å². The fraction of sp³-hybridized carbons (Fsp3) is 0.111. The molecule has 0 saturated heterocycles. The van der Waals surface area contributed by atoms with Gasteiger partial charge in [0.05, 0.1) is 12.7 Å². The van der Waals surface area contributed by atoms with E-state index in [1.807, 2.05) is 24.3 Å². The Morgan fingerprint density at radius 1 is 1.00 bits per heavy atom. The van der Waals surface area contributed by atoms with E-state index in [0.717, 1.165) is 12.1 Å². The highest BCUT2D eigenvalue weighted by atomic mass is 16.5. The van der Waals surface area contributed by atoms with Crippen molar-refractivity contribution in [1.29, 1.82) is 0 Å². The summed E-state index contributed by atoms with van der Waals surface area (Å²) in [5.74, 6) is -0.306. The van der Waals surface area contributed by atoms with Crippen LogP contribution in [0.15, 0.2) is 67.0 Å². The van der Waals surface area contributed by atoms with Crippen molar-refractivity contribution in [3.63, 3.8) is 0 Å². The maximum Gasteiger partial charge on any atom is 0.337 e. The molecule has 0 aliphatic carbocycles. The minimum absolute atomic E-state index is 0.306. The highest BCUT2D eigenvalue weighted by molar-refractivity contribution is 5.89. The van der Waals surface area contributed by atoms with Gasteiger partial charge < -0.3 is 4.74 Å². The fourth-order valence-electron chi connectivity index (χ4n) is 2.35. The third-order valence-electron chi connectivity index (χ3n) is 3.49. The molecule has 1 aromatic heterocycles. The number of ether oxygens (including phenoxy) is 1. The third kappa shape index (κ3) is 2.92. The molecule has 0 amide bonds. The minimum Gasteiger partial charge on any atom is -0.465 e. The van der Waals surface area contributed by atoms with Crippen molar-refractivity contribution in [2.24, 2.45) is 0 Å². The van der Waals surface area contributed by atoms with E-state index in [1.165, 1.54) is 17.9 Å². The van der Waals surface area contributed by atoms with Gasteiger partial charge in [-0.2, -0.15) is 0 Å². The molecule has 2 aromatic carbocycles. The van der Waals surface area contributed by atoms with Gasteiger partial charge in [-0.05, 0) is 23.6 Å². The van der Waals surface area contributed by atoms with Crippen LogP contribution in [0.4, 0.5) is 0 Å². The highest BCUT2D eigenvalue weighted by Crippen LogP contribution is 2.10. The first-order valence-corrected chi connectivity index (χ1v) is 6.81. The summed E-state index contributed by atoms with van der Waals surface area (Å²) in [6, 6.07) is 17.9. The van der Waals surface area contributed by atoms with E-state index in [2.05, 4.69) is 35.2 Å². The SMILES string of the molecule is COC(=O)c1ccc(C[n+]2ccc3ccccc3c2)cc1. The first-order valence-electron chi connectivity index (χ1n) is 6.81. The number of nitrogens with zero attached hydrogens (tertiary/aromatic N) is 1. The predicted octanol–water partition coefficient (Wildman–Crippen LogP) is 2.96. The molecular formula is C18H16NO2+. The lowest BCUT2D eigenvalue weighted by molar-refractivity contribution is -0.687. The number of fused-ring (bicyclic) bond motifs is 1. The van der Waals surface area contributed by atoms with Crippen LogP contribution in [0.2, 0.25) is 0 Å². The van der Waals surface area contributed by atoms with Gasteiger partial charge in [0.2, 0.25) is 0 Å². The summed E-state index contributed by atoms with van der Waals surface area (Å²) < 4.78 is 6.83. The Morgan fingerprint density at radius 3 is 2.43 bits per heavy atom. The second-order valence-electron chi connectivity index (χ2n) is 4.93. The van der Waals surface area contributed by atoms with Crippen molar-refractivity contribution in [3.8, 4) is 0 Å². The molecule has 0 N–H and O–H groups in total. The Kier molecular flexibility index (Phi) is 3.65. The van der Waals surface area contributed by atoms with Gasteiger partial charge in [-0.25, -0.2) is 9.36 Å². The molecule has 1 heterocycles. The maximum atomic E-state index is 11.4. The monoisotopic (exact) mass is 278 g/mol.